The number of carboxylic acids is 1. The lowest BCUT2D eigenvalue weighted by Gasteiger charge is -2.13. The van der Waals surface area contributed by atoms with Gasteiger partial charge in [0.15, 0.2) is 17.4 Å². The van der Waals surface area contributed by atoms with E-state index in [2.05, 4.69) is 10.6 Å². The Kier molecular flexibility index (Phi) is 5.89. The maximum Gasteiger partial charge on any atom is 0.319 e. The highest BCUT2D eigenvalue weighted by atomic mass is 19.1. The fourth-order valence-electron chi connectivity index (χ4n) is 1.44. The number of urea groups is 1. The first-order valence-corrected chi connectivity index (χ1v) is 6.22. The van der Waals surface area contributed by atoms with Gasteiger partial charge in [-0.05, 0) is 13.8 Å². The number of carboxylic acid groups (broad SMARTS) is 1. The molecule has 0 aliphatic carbocycles. The van der Waals surface area contributed by atoms with E-state index in [1.807, 2.05) is 0 Å². The van der Waals surface area contributed by atoms with Gasteiger partial charge in [0.05, 0.1) is 12.5 Å². The molecule has 0 aliphatic rings. The van der Waals surface area contributed by atoms with E-state index < -0.39 is 35.5 Å². The molecule has 0 aromatic heterocycles. The lowest BCUT2D eigenvalue weighted by Crippen LogP contribution is -2.30. The van der Waals surface area contributed by atoms with Gasteiger partial charge in [0, 0.05) is 24.4 Å². The summed E-state index contributed by atoms with van der Waals surface area (Å²) in [5, 5.41) is 12.8. The minimum atomic E-state index is -1.07. The number of hydrogen-bond donors (Lipinski definition) is 3. The average molecular weight is 302 g/mol. The summed E-state index contributed by atoms with van der Waals surface area (Å²) >= 11 is 0. The number of halogens is 2. The number of anilines is 1. The van der Waals surface area contributed by atoms with Crippen LogP contribution in [0, 0.1) is 11.6 Å². The second-order valence-corrected chi connectivity index (χ2v) is 4.46. The molecule has 1 aromatic rings. The fourth-order valence-corrected chi connectivity index (χ4v) is 1.44. The van der Waals surface area contributed by atoms with Crippen LogP contribution in [0.2, 0.25) is 0 Å². The van der Waals surface area contributed by atoms with E-state index in [0.29, 0.717) is 0 Å². The van der Waals surface area contributed by atoms with E-state index in [0.717, 1.165) is 12.1 Å². The highest BCUT2D eigenvalue weighted by Gasteiger charge is 2.15. The van der Waals surface area contributed by atoms with E-state index in [9.17, 15) is 18.4 Å². The molecule has 2 amide bonds. The number of carbonyl (C=O) groups excluding carboxylic acids is 1. The van der Waals surface area contributed by atoms with Gasteiger partial charge >= 0.3 is 12.0 Å². The Labute approximate surface area is 120 Å². The molecule has 0 radical (unpaired) electrons. The molecule has 8 heteroatoms. The molecule has 0 aliphatic heterocycles. The Morgan fingerprint density at radius 3 is 2.33 bits per heavy atom. The summed E-state index contributed by atoms with van der Waals surface area (Å²) in [6.45, 7) is 3.16. The third kappa shape index (κ3) is 5.64. The number of benzene rings is 1. The molecule has 0 fully saturated rings. The first-order valence-electron chi connectivity index (χ1n) is 6.22. The number of amides is 2. The number of aliphatic carboxylic acids is 1. The summed E-state index contributed by atoms with van der Waals surface area (Å²) in [6, 6.07) is 1.07. The van der Waals surface area contributed by atoms with Crippen LogP contribution in [0.4, 0.5) is 19.3 Å². The fraction of sp³-hybridized carbons (Fsp3) is 0.385. The van der Waals surface area contributed by atoms with Crippen molar-refractivity contribution < 1.29 is 28.2 Å². The van der Waals surface area contributed by atoms with Gasteiger partial charge in [-0.1, -0.05) is 0 Å². The molecule has 0 saturated heterocycles. The highest BCUT2D eigenvalue weighted by molar-refractivity contribution is 5.89. The second-order valence-electron chi connectivity index (χ2n) is 4.46. The van der Waals surface area contributed by atoms with Gasteiger partial charge in [-0.15, -0.1) is 0 Å². The van der Waals surface area contributed by atoms with Crippen LogP contribution in [0.25, 0.3) is 0 Å². The number of hydrogen-bond acceptors (Lipinski definition) is 3. The van der Waals surface area contributed by atoms with Crippen molar-refractivity contribution in [2.24, 2.45) is 0 Å². The summed E-state index contributed by atoms with van der Waals surface area (Å²) in [7, 11) is 0. The zero-order chi connectivity index (χ0) is 16.0. The Balaban J connectivity index is 2.68. The molecular weight excluding hydrogens is 286 g/mol. The zero-order valence-electron chi connectivity index (χ0n) is 11.6. The van der Waals surface area contributed by atoms with Crippen LogP contribution in [0.5, 0.6) is 5.75 Å². The molecule has 0 unspecified atom stereocenters. The molecule has 0 bridgehead atoms. The van der Waals surface area contributed by atoms with E-state index >= 15 is 0 Å². The lowest BCUT2D eigenvalue weighted by molar-refractivity contribution is -0.136. The Morgan fingerprint density at radius 1 is 1.29 bits per heavy atom. The van der Waals surface area contributed by atoms with Crippen molar-refractivity contribution in [1.82, 2.24) is 5.32 Å². The van der Waals surface area contributed by atoms with Crippen LogP contribution in [-0.4, -0.2) is 29.8 Å². The van der Waals surface area contributed by atoms with Gasteiger partial charge in [0.2, 0.25) is 0 Å². The molecule has 21 heavy (non-hydrogen) atoms. The summed E-state index contributed by atoms with van der Waals surface area (Å²) in [5.74, 6) is -3.46. The normalized spacial score (nSPS) is 10.3. The van der Waals surface area contributed by atoms with Gasteiger partial charge in [-0.2, -0.15) is 0 Å². The molecule has 3 N–H and O–H groups in total. The van der Waals surface area contributed by atoms with Gasteiger partial charge < -0.3 is 20.5 Å². The lowest BCUT2D eigenvalue weighted by atomic mass is 10.2. The summed E-state index contributed by atoms with van der Waals surface area (Å²) in [6.07, 6.45) is -0.649. The number of nitrogens with one attached hydrogen (secondary N) is 2. The van der Waals surface area contributed by atoms with E-state index in [1.165, 1.54) is 0 Å². The Bertz CT molecular complexity index is 512. The average Bonchev–Trinajstić information content (AvgIpc) is 2.33. The first-order chi connectivity index (χ1) is 9.79. The summed E-state index contributed by atoms with van der Waals surface area (Å²) in [5.41, 5.74) is -0.103. The third-order valence-electron chi connectivity index (χ3n) is 2.23. The number of rotatable bonds is 6. The second kappa shape index (κ2) is 7.41. The van der Waals surface area contributed by atoms with Crippen molar-refractivity contribution in [2.45, 2.75) is 26.4 Å². The van der Waals surface area contributed by atoms with Crippen molar-refractivity contribution >= 4 is 17.7 Å². The first kappa shape index (κ1) is 16.7. The van der Waals surface area contributed by atoms with Crippen LogP contribution in [0.15, 0.2) is 12.1 Å². The van der Waals surface area contributed by atoms with Crippen molar-refractivity contribution in [3.8, 4) is 5.75 Å². The van der Waals surface area contributed by atoms with Crippen LogP contribution in [-0.2, 0) is 4.79 Å². The standard InChI is InChI=1S/C13H16F2N2O4/c1-7(2)21-12-9(14)5-8(6-10(12)15)17-13(20)16-4-3-11(18)19/h5-7H,3-4H2,1-2H3,(H,18,19)(H2,16,17,20). The predicted octanol–water partition coefficient (Wildman–Crippen LogP) is 2.35. The van der Waals surface area contributed by atoms with Crippen LogP contribution in [0.1, 0.15) is 20.3 Å². The van der Waals surface area contributed by atoms with Crippen molar-refractivity contribution in [2.75, 3.05) is 11.9 Å². The SMILES string of the molecule is CC(C)Oc1c(F)cc(NC(=O)NCCC(=O)O)cc1F. The summed E-state index contributed by atoms with van der Waals surface area (Å²) in [4.78, 5) is 21.7. The van der Waals surface area contributed by atoms with Gasteiger partial charge in [-0.3, -0.25) is 4.79 Å². The molecular formula is C13H16F2N2O4. The molecule has 0 spiro atoms. The molecule has 0 heterocycles. The van der Waals surface area contributed by atoms with Crippen molar-refractivity contribution in [3.63, 3.8) is 0 Å². The molecule has 0 atom stereocenters. The van der Waals surface area contributed by atoms with Gasteiger partial charge in [0.25, 0.3) is 0 Å². The Hall–Kier alpha value is -2.38. The molecule has 6 nitrogen and oxygen atoms in total. The Morgan fingerprint density at radius 2 is 1.86 bits per heavy atom. The van der Waals surface area contributed by atoms with Gasteiger partial charge in [-0.25, -0.2) is 13.6 Å². The third-order valence-corrected chi connectivity index (χ3v) is 2.23. The maximum absolute atomic E-state index is 13.7. The molecule has 1 rings (SSSR count). The van der Waals surface area contributed by atoms with Crippen molar-refractivity contribution in [1.29, 1.82) is 0 Å². The minimum Gasteiger partial charge on any atom is -0.485 e. The topological polar surface area (TPSA) is 87.7 Å². The largest absolute Gasteiger partial charge is 0.485 e. The quantitative estimate of drug-likeness (QED) is 0.752. The van der Waals surface area contributed by atoms with Crippen LogP contribution in [0.3, 0.4) is 0 Å². The van der Waals surface area contributed by atoms with E-state index in [-0.39, 0.29) is 18.7 Å². The van der Waals surface area contributed by atoms with Crippen molar-refractivity contribution in [3.05, 3.63) is 23.8 Å². The monoisotopic (exact) mass is 302 g/mol. The summed E-state index contributed by atoms with van der Waals surface area (Å²) < 4.78 is 32.3. The van der Waals surface area contributed by atoms with Crippen LogP contribution < -0.4 is 15.4 Å². The molecule has 1 aromatic carbocycles. The maximum atomic E-state index is 13.7. The zero-order valence-corrected chi connectivity index (χ0v) is 11.6. The smallest absolute Gasteiger partial charge is 0.319 e. The molecule has 116 valence electrons. The van der Waals surface area contributed by atoms with E-state index in [4.69, 9.17) is 9.84 Å². The highest BCUT2D eigenvalue weighted by Crippen LogP contribution is 2.26. The van der Waals surface area contributed by atoms with E-state index in [1.54, 1.807) is 13.8 Å². The predicted molar refractivity (Wildman–Crippen MR) is 71.4 cm³/mol. The number of carbonyl (C=O) groups is 2. The number of ether oxygens (including phenoxy) is 1. The van der Waals surface area contributed by atoms with Crippen LogP contribution >= 0.6 is 0 Å². The molecule has 0 saturated carbocycles. The minimum absolute atomic E-state index is 0.0966. The van der Waals surface area contributed by atoms with Gasteiger partial charge in [0.1, 0.15) is 0 Å².